The van der Waals surface area contributed by atoms with Crippen LogP contribution in [0.15, 0.2) is 72.8 Å². The molecule has 1 aromatic heterocycles. The topological polar surface area (TPSA) is 40.6 Å². The predicted molar refractivity (Wildman–Crippen MR) is 112 cm³/mol. The second-order valence-corrected chi connectivity index (χ2v) is 7.26. The Kier molecular flexibility index (Phi) is 4.91. The van der Waals surface area contributed by atoms with E-state index in [1.54, 1.807) is 19.2 Å². The molecule has 1 unspecified atom stereocenters. The Labute approximate surface area is 173 Å². The van der Waals surface area contributed by atoms with Crippen molar-refractivity contribution in [3.8, 4) is 16.9 Å². The molecule has 5 heteroatoms. The molecule has 0 fully saturated rings. The van der Waals surface area contributed by atoms with E-state index in [2.05, 4.69) is 6.07 Å². The van der Waals surface area contributed by atoms with Gasteiger partial charge in [-0.05, 0) is 59.2 Å². The van der Waals surface area contributed by atoms with Gasteiger partial charge in [-0.15, -0.1) is 0 Å². The van der Waals surface area contributed by atoms with Gasteiger partial charge in [-0.25, -0.2) is 9.37 Å². The van der Waals surface area contributed by atoms with Crippen molar-refractivity contribution < 1.29 is 18.6 Å². The van der Waals surface area contributed by atoms with Crippen molar-refractivity contribution in [2.75, 3.05) is 7.11 Å². The molecular weight excluding hydrogens is 381 g/mol. The number of para-hydroxylation sites is 1. The third kappa shape index (κ3) is 3.65. The molecule has 1 atom stereocenters. The molecule has 1 aliphatic heterocycles. The fourth-order valence-electron chi connectivity index (χ4n) is 3.71. The number of ether oxygens (including phenoxy) is 3. The maximum Gasteiger partial charge on any atom is 0.202 e. The Bertz CT molecular complexity index is 1210. The molecule has 0 radical (unpaired) electrons. The van der Waals surface area contributed by atoms with Crippen LogP contribution in [0.3, 0.4) is 0 Å². The standard InChI is InChI=1S/C25H20FNO3/c1-28-22-11-16(10-19(13-22)17-6-8-21(26)9-7-17)14-29-25-24-20(15-30-25)12-18-4-2-3-5-23(18)27-24/h2-13,25H,14-15H2,1H3. The summed E-state index contributed by atoms with van der Waals surface area (Å²) in [6, 6.07) is 22.4. The minimum Gasteiger partial charge on any atom is -0.497 e. The van der Waals surface area contributed by atoms with Gasteiger partial charge in [0.1, 0.15) is 17.3 Å². The number of benzene rings is 3. The Hall–Kier alpha value is -3.28. The Morgan fingerprint density at radius 1 is 1.00 bits per heavy atom. The molecule has 0 bridgehead atoms. The van der Waals surface area contributed by atoms with E-state index in [9.17, 15) is 4.39 Å². The van der Waals surface area contributed by atoms with Gasteiger partial charge in [0.15, 0.2) is 0 Å². The van der Waals surface area contributed by atoms with Crippen LogP contribution in [0.1, 0.15) is 23.1 Å². The highest BCUT2D eigenvalue weighted by Crippen LogP contribution is 2.34. The van der Waals surface area contributed by atoms with E-state index in [1.807, 2.05) is 42.5 Å². The van der Waals surface area contributed by atoms with Gasteiger partial charge < -0.3 is 14.2 Å². The number of hydrogen-bond acceptors (Lipinski definition) is 4. The molecule has 3 aromatic carbocycles. The number of nitrogens with zero attached hydrogens (tertiary/aromatic N) is 1. The highest BCUT2D eigenvalue weighted by atomic mass is 19.1. The Morgan fingerprint density at radius 3 is 2.67 bits per heavy atom. The van der Waals surface area contributed by atoms with E-state index >= 15 is 0 Å². The first-order valence-corrected chi connectivity index (χ1v) is 9.75. The summed E-state index contributed by atoms with van der Waals surface area (Å²) in [7, 11) is 1.62. The van der Waals surface area contributed by atoms with Crippen LogP contribution in [0.5, 0.6) is 5.75 Å². The first-order valence-electron chi connectivity index (χ1n) is 9.75. The lowest BCUT2D eigenvalue weighted by Gasteiger charge is -2.14. The van der Waals surface area contributed by atoms with Crippen molar-refractivity contribution in [3.63, 3.8) is 0 Å². The number of hydrogen-bond donors (Lipinski definition) is 0. The maximum absolute atomic E-state index is 13.3. The van der Waals surface area contributed by atoms with Gasteiger partial charge in [0, 0.05) is 10.9 Å². The zero-order chi connectivity index (χ0) is 20.5. The summed E-state index contributed by atoms with van der Waals surface area (Å²) in [6.45, 7) is 0.820. The normalized spacial score (nSPS) is 15.3. The van der Waals surface area contributed by atoms with E-state index in [1.165, 1.54) is 12.1 Å². The highest BCUT2D eigenvalue weighted by molar-refractivity contribution is 5.79. The fourth-order valence-corrected chi connectivity index (χ4v) is 3.71. The number of halogens is 1. The zero-order valence-electron chi connectivity index (χ0n) is 16.5. The monoisotopic (exact) mass is 401 g/mol. The predicted octanol–water partition coefficient (Wildman–Crippen LogP) is 5.80. The van der Waals surface area contributed by atoms with Crippen molar-refractivity contribution in [3.05, 3.63) is 95.4 Å². The van der Waals surface area contributed by atoms with Gasteiger partial charge in [-0.1, -0.05) is 30.3 Å². The van der Waals surface area contributed by atoms with Crippen molar-refractivity contribution in [2.45, 2.75) is 19.5 Å². The van der Waals surface area contributed by atoms with Crippen LogP contribution in [-0.2, 0) is 22.7 Å². The van der Waals surface area contributed by atoms with Crippen LogP contribution in [0.4, 0.5) is 4.39 Å². The molecular formula is C25H20FNO3. The molecule has 0 N–H and O–H groups in total. The average molecular weight is 401 g/mol. The molecule has 0 amide bonds. The van der Waals surface area contributed by atoms with E-state index in [4.69, 9.17) is 19.2 Å². The third-order valence-corrected chi connectivity index (χ3v) is 5.23. The van der Waals surface area contributed by atoms with Crippen LogP contribution in [0, 0.1) is 5.82 Å². The largest absolute Gasteiger partial charge is 0.497 e. The fraction of sp³-hybridized carbons (Fsp3) is 0.160. The number of fused-ring (bicyclic) bond motifs is 2. The van der Waals surface area contributed by atoms with E-state index in [0.717, 1.165) is 38.9 Å². The summed E-state index contributed by atoms with van der Waals surface area (Å²) in [5.41, 5.74) is 5.59. The van der Waals surface area contributed by atoms with Crippen molar-refractivity contribution >= 4 is 10.9 Å². The number of pyridine rings is 1. The maximum atomic E-state index is 13.3. The van der Waals surface area contributed by atoms with Crippen LogP contribution in [0.25, 0.3) is 22.0 Å². The lowest BCUT2D eigenvalue weighted by Crippen LogP contribution is -2.05. The van der Waals surface area contributed by atoms with Gasteiger partial charge in [0.25, 0.3) is 0 Å². The summed E-state index contributed by atoms with van der Waals surface area (Å²) < 4.78 is 30.6. The van der Waals surface area contributed by atoms with Crippen LogP contribution >= 0.6 is 0 Å². The summed E-state index contributed by atoms with van der Waals surface area (Å²) in [5, 5.41) is 1.09. The minimum absolute atomic E-state index is 0.262. The smallest absolute Gasteiger partial charge is 0.202 e. The summed E-state index contributed by atoms with van der Waals surface area (Å²) >= 11 is 0. The summed E-state index contributed by atoms with van der Waals surface area (Å²) in [5.74, 6) is 0.453. The highest BCUT2D eigenvalue weighted by Gasteiger charge is 2.26. The SMILES string of the molecule is COc1cc(COC2OCc3cc4ccccc4nc32)cc(-c2ccc(F)cc2)c1. The van der Waals surface area contributed by atoms with Gasteiger partial charge in [0.05, 0.1) is 25.8 Å². The first-order chi connectivity index (χ1) is 14.7. The summed E-state index contributed by atoms with van der Waals surface area (Å²) in [4.78, 5) is 4.75. The molecule has 2 heterocycles. The van der Waals surface area contributed by atoms with Gasteiger partial charge >= 0.3 is 0 Å². The molecule has 5 rings (SSSR count). The van der Waals surface area contributed by atoms with Crippen LogP contribution in [0.2, 0.25) is 0 Å². The lowest BCUT2D eigenvalue weighted by atomic mass is 10.0. The first kappa shape index (κ1) is 18.7. The summed E-state index contributed by atoms with van der Waals surface area (Å²) in [6.07, 6.45) is -0.509. The molecule has 0 saturated heterocycles. The quantitative estimate of drug-likeness (QED) is 0.424. The lowest BCUT2D eigenvalue weighted by molar-refractivity contribution is -0.147. The molecule has 150 valence electrons. The number of rotatable bonds is 5. The van der Waals surface area contributed by atoms with Crippen molar-refractivity contribution in [1.29, 1.82) is 0 Å². The number of methoxy groups -OCH3 is 1. The van der Waals surface area contributed by atoms with Crippen molar-refractivity contribution in [2.24, 2.45) is 0 Å². The molecule has 30 heavy (non-hydrogen) atoms. The van der Waals surface area contributed by atoms with Gasteiger partial charge in [-0.2, -0.15) is 0 Å². The molecule has 0 spiro atoms. The van der Waals surface area contributed by atoms with Crippen LogP contribution < -0.4 is 4.74 Å². The van der Waals surface area contributed by atoms with E-state index < -0.39 is 6.29 Å². The molecule has 4 nitrogen and oxygen atoms in total. The minimum atomic E-state index is -0.509. The Balaban J connectivity index is 1.39. The molecule has 4 aromatic rings. The Morgan fingerprint density at radius 2 is 1.83 bits per heavy atom. The van der Waals surface area contributed by atoms with Crippen molar-refractivity contribution in [1.82, 2.24) is 4.98 Å². The molecule has 1 aliphatic rings. The van der Waals surface area contributed by atoms with E-state index in [-0.39, 0.29) is 5.82 Å². The second kappa shape index (κ2) is 7.86. The zero-order valence-corrected chi connectivity index (χ0v) is 16.5. The third-order valence-electron chi connectivity index (χ3n) is 5.23. The number of aromatic nitrogens is 1. The van der Waals surface area contributed by atoms with E-state index in [0.29, 0.717) is 19.0 Å². The average Bonchev–Trinajstić information content (AvgIpc) is 3.18. The second-order valence-electron chi connectivity index (χ2n) is 7.26. The molecule has 0 aliphatic carbocycles. The van der Waals surface area contributed by atoms with Gasteiger partial charge in [0.2, 0.25) is 6.29 Å². The van der Waals surface area contributed by atoms with Crippen LogP contribution in [-0.4, -0.2) is 12.1 Å². The molecule has 0 saturated carbocycles. The van der Waals surface area contributed by atoms with Gasteiger partial charge in [-0.3, -0.25) is 0 Å².